The highest BCUT2D eigenvalue weighted by atomic mass is 32.2. The van der Waals surface area contributed by atoms with Crippen LogP contribution in [0, 0.1) is 6.92 Å². The molecule has 0 aliphatic rings. The van der Waals surface area contributed by atoms with E-state index in [9.17, 15) is 8.42 Å². The molecule has 0 radical (unpaired) electrons. The zero-order valence-electron chi connectivity index (χ0n) is 17.0. The van der Waals surface area contributed by atoms with Gasteiger partial charge in [-0.25, -0.2) is 13.4 Å². The van der Waals surface area contributed by atoms with Crippen LogP contribution in [-0.4, -0.2) is 13.4 Å². The molecule has 0 saturated carbocycles. The van der Waals surface area contributed by atoms with E-state index in [1.165, 1.54) is 6.20 Å². The fourth-order valence-corrected chi connectivity index (χ4v) is 4.19. The van der Waals surface area contributed by atoms with E-state index in [1.54, 1.807) is 36.4 Å². The smallest absolute Gasteiger partial charge is 0.261 e. The van der Waals surface area contributed by atoms with Crippen LogP contribution in [0.25, 0.3) is 0 Å². The average molecular weight is 431 g/mol. The maximum Gasteiger partial charge on any atom is 0.261 e. The highest BCUT2D eigenvalue weighted by molar-refractivity contribution is 7.92. The Morgan fingerprint density at radius 3 is 1.87 bits per heavy atom. The molecule has 1 N–H and O–H groups in total. The van der Waals surface area contributed by atoms with Gasteiger partial charge < -0.3 is 4.74 Å². The highest BCUT2D eigenvalue weighted by Crippen LogP contribution is 2.28. The summed E-state index contributed by atoms with van der Waals surface area (Å²) in [4.78, 5) is 4.51. The molecule has 0 fully saturated rings. The van der Waals surface area contributed by atoms with Gasteiger partial charge in [-0.15, -0.1) is 0 Å². The van der Waals surface area contributed by atoms with E-state index in [0.717, 1.165) is 16.7 Å². The van der Waals surface area contributed by atoms with Crippen molar-refractivity contribution in [2.75, 3.05) is 4.72 Å². The summed E-state index contributed by atoms with van der Waals surface area (Å²) in [6.07, 6.45) is 1.12. The first-order valence-electron chi connectivity index (χ1n) is 9.83. The zero-order valence-corrected chi connectivity index (χ0v) is 17.8. The van der Waals surface area contributed by atoms with Crippen molar-refractivity contribution in [2.45, 2.75) is 17.9 Å². The summed E-state index contributed by atoms with van der Waals surface area (Å²) in [5.41, 5.74) is 3.36. The number of hydrogen-bond donors (Lipinski definition) is 1. The maximum absolute atomic E-state index is 12.6. The number of benzene rings is 3. The van der Waals surface area contributed by atoms with E-state index >= 15 is 0 Å². The molecular formula is C25H22N2O3S. The van der Waals surface area contributed by atoms with Crippen LogP contribution in [0.4, 0.5) is 5.69 Å². The second-order valence-electron chi connectivity index (χ2n) is 7.12. The number of rotatable bonds is 7. The van der Waals surface area contributed by atoms with Crippen molar-refractivity contribution in [2.24, 2.45) is 0 Å². The molecule has 31 heavy (non-hydrogen) atoms. The predicted octanol–water partition coefficient (Wildman–Crippen LogP) is 5.36. The van der Waals surface area contributed by atoms with Gasteiger partial charge in [0.25, 0.3) is 10.0 Å². The Morgan fingerprint density at radius 1 is 0.774 bits per heavy atom. The van der Waals surface area contributed by atoms with Crippen LogP contribution in [0.15, 0.2) is 108 Å². The average Bonchev–Trinajstić information content (AvgIpc) is 2.80. The first-order valence-corrected chi connectivity index (χ1v) is 11.3. The van der Waals surface area contributed by atoms with Crippen LogP contribution in [-0.2, 0) is 10.0 Å². The van der Waals surface area contributed by atoms with Gasteiger partial charge in [-0.05, 0) is 36.2 Å². The lowest BCUT2D eigenvalue weighted by Gasteiger charge is -2.19. The van der Waals surface area contributed by atoms with Crippen LogP contribution in [0.3, 0.4) is 0 Å². The molecule has 4 rings (SSSR count). The third-order valence-corrected chi connectivity index (χ3v) is 6.16. The molecule has 0 bridgehead atoms. The Kier molecular flexibility index (Phi) is 6.00. The van der Waals surface area contributed by atoms with Gasteiger partial charge in [-0.3, -0.25) is 4.72 Å². The topological polar surface area (TPSA) is 68.3 Å². The Balaban J connectivity index is 1.53. The summed E-state index contributed by atoms with van der Waals surface area (Å²) in [5, 5.41) is 0. The summed E-state index contributed by atoms with van der Waals surface area (Å²) >= 11 is 0. The van der Waals surface area contributed by atoms with Gasteiger partial charge in [0.15, 0.2) is 6.10 Å². The fourth-order valence-electron chi connectivity index (χ4n) is 3.15. The first-order chi connectivity index (χ1) is 15.0. The minimum atomic E-state index is -3.68. The minimum absolute atomic E-state index is 0.201. The van der Waals surface area contributed by atoms with E-state index in [0.29, 0.717) is 11.6 Å². The predicted molar refractivity (Wildman–Crippen MR) is 122 cm³/mol. The summed E-state index contributed by atoms with van der Waals surface area (Å²) in [6.45, 7) is 1.91. The van der Waals surface area contributed by atoms with E-state index in [-0.39, 0.29) is 11.0 Å². The van der Waals surface area contributed by atoms with E-state index in [1.807, 2.05) is 67.6 Å². The molecule has 0 aliphatic heterocycles. The maximum atomic E-state index is 12.6. The number of aryl methyl sites for hydroxylation is 1. The standard InChI is InChI=1S/C25H22N2O3S/c1-19-12-15-23(16-13-19)31(28,29)27-22-14-17-24(26-18-22)30-25(20-8-4-2-5-9-20)21-10-6-3-7-11-21/h2-18,25,27H,1H3. The van der Waals surface area contributed by atoms with Crippen molar-refractivity contribution in [3.8, 4) is 5.88 Å². The van der Waals surface area contributed by atoms with E-state index < -0.39 is 10.0 Å². The van der Waals surface area contributed by atoms with Crippen molar-refractivity contribution in [1.82, 2.24) is 4.98 Å². The van der Waals surface area contributed by atoms with Crippen molar-refractivity contribution < 1.29 is 13.2 Å². The number of sulfonamides is 1. The van der Waals surface area contributed by atoms with E-state index in [4.69, 9.17) is 4.74 Å². The number of anilines is 1. The number of hydrogen-bond acceptors (Lipinski definition) is 4. The van der Waals surface area contributed by atoms with Crippen LogP contribution < -0.4 is 9.46 Å². The molecule has 4 aromatic rings. The highest BCUT2D eigenvalue weighted by Gasteiger charge is 2.17. The molecule has 3 aromatic carbocycles. The van der Waals surface area contributed by atoms with Crippen molar-refractivity contribution in [3.05, 3.63) is 120 Å². The number of aromatic nitrogens is 1. The van der Waals surface area contributed by atoms with Crippen LogP contribution in [0.5, 0.6) is 5.88 Å². The summed E-state index contributed by atoms with van der Waals surface area (Å²) in [6, 6.07) is 29.7. The van der Waals surface area contributed by atoms with Crippen LogP contribution >= 0.6 is 0 Å². The molecule has 156 valence electrons. The molecular weight excluding hydrogens is 408 g/mol. The third kappa shape index (κ3) is 5.10. The Bertz CT molecular complexity index is 1190. The number of ether oxygens (including phenoxy) is 1. The second-order valence-corrected chi connectivity index (χ2v) is 8.81. The van der Waals surface area contributed by atoms with Gasteiger partial charge in [-0.1, -0.05) is 78.4 Å². The molecule has 0 atom stereocenters. The van der Waals surface area contributed by atoms with Gasteiger partial charge in [0.05, 0.1) is 16.8 Å². The molecule has 1 heterocycles. The number of pyridine rings is 1. The summed E-state index contributed by atoms with van der Waals surface area (Å²) in [5.74, 6) is 0.399. The molecule has 1 aromatic heterocycles. The normalized spacial score (nSPS) is 11.3. The molecule has 5 nitrogen and oxygen atoms in total. The lowest BCUT2D eigenvalue weighted by Crippen LogP contribution is -2.13. The minimum Gasteiger partial charge on any atom is -0.465 e. The van der Waals surface area contributed by atoms with E-state index in [2.05, 4.69) is 9.71 Å². The summed E-state index contributed by atoms with van der Waals surface area (Å²) < 4.78 is 33.9. The van der Waals surface area contributed by atoms with Gasteiger partial charge >= 0.3 is 0 Å². The van der Waals surface area contributed by atoms with Crippen LogP contribution in [0.1, 0.15) is 22.8 Å². The second kappa shape index (κ2) is 9.02. The number of nitrogens with one attached hydrogen (secondary N) is 1. The van der Waals surface area contributed by atoms with Crippen LogP contribution in [0.2, 0.25) is 0 Å². The fraction of sp³-hybridized carbons (Fsp3) is 0.0800. The lowest BCUT2D eigenvalue weighted by atomic mass is 10.0. The summed E-state index contributed by atoms with van der Waals surface area (Å²) in [7, 11) is -3.68. The first kappa shape index (κ1) is 20.6. The third-order valence-electron chi connectivity index (χ3n) is 4.76. The van der Waals surface area contributed by atoms with Gasteiger partial charge in [0.2, 0.25) is 5.88 Å². The zero-order chi connectivity index (χ0) is 21.7. The van der Waals surface area contributed by atoms with Gasteiger partial charge in [0.1, 0.15) is 0 Å². The Morgan fingerprint density at radius 2 is 1.35 bits per heavy atom. The van der Waals surface area contributed by atoms with Crippen molar-refractivity contribution in [1.29, 1.82) is 0 Å². The molecule has 6 heteroatoms. The van der Waals surface area contributed by atoms with Crippen molar-refractivity contribution >= 4 is 15.7 Å². The monoisotopic (exact) mass is 430 g/mol. The molecule has 0 spiro atoms. The Hall–Kier alpha value is -3.64. The number of nitrogens with zero attached hydrogens (tertiary/aromatic N) is 1. The quantitative estimate of drug-likeness (QED) is 0.429. The SMILES string of the molecule is Cc1ccc(S(=O)(=O)Nc2ccc(OC(c3ccccc3)c3ccccc3)nc2)cc1. The Labute approximate surface area is 182 Å². The molecule has 0 unspecified atom stereocenters. The van der Waals surface area contributed by atoms with Gasteiger partial charge in [0, 0.05) is 6.07 Å². The molecule has 0 saturated heterocycles. The largest absolute Gasteiger partial charge is 0.465 e. The van der Waals surface area contributed by atoms with Gasteiger partial charge in [-0.2, -0.15) is 0 Å². The molecule has 0 amide bonds. The van der Waals surface area contributed by atoms with Crippen molar-refractivity contribution in [3.63, 3.8) is 0 Å². The molecule has 0 aliphatic carbocycles. The lowest BCUT2D eigenvalue weighted by molar-refractivity contribution is 0.237.